The van der Waals surface area contributed by atoms with Crippen LogP contribution < -0.4 is 0 Å². The smallest absolute Gasteiger partial charge is 0.113 e. The van der Waals surface area contributed by atoms with Crippen molar-refractivity contribution in [3.8, 4) is 0 Å². The van der Waals surface area contributed by atoms with Gasteiger partial charge in [-0.3, -0.25) is 0 Å². The van der Waals surface area contributed by atoms with Gasteiger partial charge in [0, 0.05) is 5.41 Å². The molecule has 0 radical (unpaired) electrons. The zero-order valence-electron chi connectivity index (χ0n) is 27.7. The van der Waals surface area contributed by atoms with Crippen molar-refractivity contribution in [2.24, 2.45) is 50.2 Å². The van der Waals surface area contributed by atoms with Crippen molar-refractivity contribution in [3.05, 3.63) is 11.6 Å². The lowest BCUT2D eigenvalue weighted by atomic mass is 9.33. The molecule has 6 N–H and O–H groups in total. The second-order valence-corrected chi connectivity index (χ2v) is 18.1. The molecule has 0 aromatic heterocycles. The van der Waals surface area contributed by atoms with Gasteiger partial charge < -0.3 is 35.4 Å². The van der Waals surface area contributed by atoms with Crippen LogP contribution in [0.2, 0.25) is 0 Å². The zero-order valence-corrected chi connectivity index (χ0v) is 27.7. The fraction of sp³-hybridized carbons (Fsp3) is 0.944. The molecule has 1 heterocycles. The summed E-state index contributed by atoms with van der Waals surface area (Å²) in [5, 5.41) is 65.3. The molecule has 246 valence electrons. The highest BCUT2D eigenvalue weighted by Gasteiger charge is 2.69. The normalized spacial score (nSPS) is 54.7. The molecule has 0 aromatic carbocycles. The molecule has 43 heavy (non-hydrogen) atoms. The van der Waals surface area contributed by atoms with Crippen LogP contribution in [0.1, 0.15) is 113 Å². The van der Waals surface area contributed by atoms with Gasteiger partial charge in [0.2, 0.25) is 0 Å². The minimum atomic E-state index is -1.49. The van der Waals surface area contributed by atoms with E-state index in [-0.39, 0.29) is 39.1 Å². The van der Waals surface area contributed by atoms with Gasteiger partial charge in [0.15, 0.2) is 0 Å². The van der Waals surface area contributed by atoms with E-state index in [1.165, 1.54) is 5.57 Å². The van der Waals surface area contributed by atoms with E-state index < -0.39 is 48.6 Å². The Morgan fingerprint density at radius 3 is 2.16 bits per heavy atom. The number of hydrogen-bond donors (Lipinski definition) is 6. The molecule has 1 saturated heterocycles. The zero-order chi connectivity index (χ0) is 31.5. The highest BCUT2D eigenvalue weighted by atomic mass is 16.6. The average Bonchev–Trinajstić information content (AvgIpc) is 2.94. The first-order valence-electron chi connectivity index (χ1n) is 17.3. The molecule has 0 aromatic rings. The molecule has 7 unspecified atom stereocenters. The quantitative estimate of drug-likeness (QED) is 0.264. The number of ether oxygens (including phenoxy) is 1. The molecule has 6 aliphatic rings. The molecule has 5 aliphatic carbocycles. The molecule has 7 nitrogen and oxygen atoms in total. The number of allylic oxidation sites excluding steroid dienone is 2. The van der Waals surface area contributed by atoms with Gasteiger partial charge >= 0.3 is 0 Å². The number of hydrogen-bond acceptors (Lipinski definition) is 7. The average molecular weight is 605 g/mol. The predicted molar refractivity (Wildman–Crippen MR) is 165 cm³/mol. The Balaban J connectivity index is 1.40. The van der Waals surface area contributed by atoms with Gasteiger partial charge in [-0.25, -0.2) is 0 Å². The van der Waals surface area contributed by atoms with Gasteiger partial charge in [0.25, 0.3) is 0 Å². The van der Waals surface area contributed by atoms with Crippen LogP contribution in [0.3, 0.4) is 0 Å². The molecule has 0 spiro atoms. The van der Waals surface area contributed by atoms with Crippen molar-refractivity contribution in [2.75, 3.05) is 6.61 Å². The molecular weight excluding hydrogens is 544 g/mol. The molecule has 7 heteroatoms. The third-order valence-electron chi connectivity index (χ3n) is 15.5. The SMILES string of the molecule is CC1(C)CC[C@]2(C(O)[C@@H]3OC(CO)[C@@H](O)C(O)C3O)CC[C@]3(C)C(=CCC4[C@@]5(C)CC[C@H](O)C(C)(C)C5CC[C@]43C)C2C1. The summed E-state index contributed by atoms with van der Waals surface area (Å²) in [5.74, 6) is 1.13. The summed E-state index contributed by atoms with van der Waals surface area (Å²) in [6.07, 6.45) is 4.49. The number of rotatable bonds is 3. The van der Waals surface area contributed by atoms with Crippen molar-refractivity contribution in [1.29, 1.82) is 0 Å². The molecule has 5 fully saturated rings. The first kappa shape index (κ1) is 32.4. The van der Waals surface area contributed by atoms with Crippen LogP contribution in [-0.2, 0) is 4.74 Å². The first-order valence-corrected chi connectivity index (χ1v) is 17.3. The van der Waals surface area contributed by atoms with Crippen molar-refractivity contribution >= 4 is 0 Å². The van der Waals surface area contributed by atoms with Gasteiger partial charge in [-0.2, -0.15) is 0 Å². The van der Waals surface area contributed by atoms with E-state index in [0.29, 0.717) is 11.8 Å². The van der Waals surface area contributed by atoms with Gasteiger partial charge in [-0.05, 0) is 109 Å². The molecule has 0 amide bonds. The van der Waals surface area contributed by atoms with E-state index in [2.05, 4.69) is 54.5 Å². The Hall–Kier alpha value is -0.540. The molecule has 4 saturated carbocycles. The molecule has 1 aliphatic heterocycles. The topological polar surface area (TPSA) is 131 Å². The maximum Gasteiger partial charge on any atom is 0.113 e. The van der Waals surface area contributed by atoms with Crippen molar-refractivity contribution < 1.29 is 35.4 Å². The van der Waals surface area contributed by atoms with Crippen LogP contribution in [0.25, 0.3) is 0 Å². The van der Waals surface area contributed by atoms with E-state index in [0.717, 1.165) is 64.2 Å². The van der Waals surface area contributed by atoms with Crippen LogP contribution >= 0.6 is 0 Å². The van der Waals surface area contributed by atoms with Crippen LogP contribution in [0.4, 0.5) is 0 Å². The lowest BCUT2D eigenvalue weighted by Crippen LogP contribution is -2.68. The Bertz CT molecular complexity index is 1120. The highest BCUT2D eigenvalue weighted by molar-refractivity contribution is 5.34. The van der Waals surface area contributed by atoms with Gasteiger partial charge in [0.05, 0.1) is 18.8 Å². The summed E-state index contributed by atoms with van der Waals surface area (Å²) >= 11 is 0. The largest absolute Gasteiger partial charge is 0.394 e. The summed E-state index contributed by atoms with van der Waals surface area (Å²) in [5.41, 5.74) is 1.21. The first-order chi connectivity index (χ1) is 19.9. The molecular formula is C36H60O7. The van der Waals surface area contributed by atoms with Crippen molar-refractivity contribution in [3.63, 3.8) is 0 Å². The summed E-state index contributed by atoms with van der Waals surface area (Å²) in [6, 6.07) is 0. The summed E-state index contributed by atoms with van der Waals surface area (Å²) in [4.78, 5) is 0. The summed E-state index contributed by atoms with van der Waals surface area (Å²) in [7, 11) is 0. The van der Waals surface area contributed by atoms with Crippen LogP contribution in [0, 0.1) is 50.2 Å². The van der Waals surface area contributed by atoms with Crippen LogP contribution in [-0.4, -0.2) is 80.0 Å². The van der Waals surface area contributed by atoms with Gasteiger partial charge in [-0.1, -0.05) is 60.1 Å². The van der Waals surface area contributed by atoms with Gasteiger partial charge in [0.1, 0.15) is 30.5 Å². The highest BCUT2D eigenvalue weighted by Crippen LogP contribution is 2.76. The van der Waals surface area contributed by atoms with Gasteiger partial charge in [-0.15, -0.1) is 0 Å². The maximum absolute atomic E-state index is 12.3. The van der Waals surface area contributed by atoms with E-state index in [4.69, 9.17) is 4.74 Å². The van der Waals surface area contributed by atoms with E-state index in [9.17, 15) is 30.6 Å². The second-order valence-electron chi connectivity index (χ2n) is 18.1. The Labute approximate surface area is 259 Å². The third kappa shape index (κ3) is 4.30. The van der Waals surface area contributed by atoms with E-state index >= 15 is 0 Å². The Morgan fingerprint density at radius 1 is 0.814 bits per heavy atom. The number of aliphatic hydroxyl groups excluding tert-OH is 6. The lowest BCUT2D eigenvalue weighted by molar-refractivity contribution is -0.272. The molecule has 0 bridgehead atoms. The number of aliphatic hydroxyl groups is 6. The minimum Gasteiger partial charge on any atom is -0.394 e. The predicted octanol–water partition coefficient (Wildman–Crippen LogP) is 4.35. The Kier molecular flexibility index (Phi) is 7.71. The third-order valence-corrected chi connectivity index (χ3v) is 15.5. The summed E-state index contributed by atoms with van der Waals surface area (Å²) in [6.45, 7) is 16.3. The summed E-state index contributed by atoms with van der Waals surface area (Å²) < 4.78 is 6.01. The fourth-order valence-electron chi connectivity index (χ4n) is 12.5. The Morgan fingerprint density at radius 2 is 1.49 bits per heavy atom. The fourth-order valence-corrected chi connectivity index (χ4v) is 12.5. The maximum atomic E-state index is 12.3. The van der Waals surface area contributed by atoms with Crippen molar-refractivity contribution in [2.45, 2.75) is 155 Å². The molecule has 14 atom stereocenters. The number of fused-ring (bicyclic) bond motifs is 7. The van der Waals surface area contributed by atoms with Crippen LogP contribution in [0.5, 0.6) is 0 Å². The lowest BCUT2D eigenvalue weighted by Gasteiger charge is -2.72. The van der Waals surface area contributed by atoms with E-state index in [1.54, 1.807) is 0 Å². The monoisotopic (exact) mass is 604 g/mol. The van der Waals surface area contributed by atoms with Crippen LogP contribution in [0.15, 0.2) is 11.6 Å². The standard InChI is InChI=1S/C36H60O7/c1-31(2)14-16-36(30(42)29-28(41)27(40)26(39)22(19-37)43-29)17-15-34(6)20(21(36)18-31)8-9-24-33(5)12-11-25(38)32(3,4)23(33)10-13-35(24,34)7/h8,21-30,37-42H,9-19H2,1-7H3/t21?,22?,23?,24?,25-,26+,27?,28?,29+,30?,33-,34+,35+,36-/m0/s1. The van der Waals surface area contributed by atoms with Crippen molar-refractivity contribution in [1.82, 2.24) is 0 Å². The van der Waals surface area contributed by atoms with E-state index in [1.807, 2.05) is 0 Å². The minimum absolute atomic E-state index is 0.0270. The molecule has 6 rings (SSSR count). The second kappa shape index (κ2) is 10.2.